The third-order valence-electron chi connectivity index (χ3n) is 3.53. The van der Waals surface area contributed by atoms with Gasteiger partial charge in [0.15, 0.2) is 0 Å². The fourth-order valence-corrected chi connectivity index (χ4v) is 2.60. The summed E-state index contributed by atoms with van der Waals surface area (Å²) in [6.45, 7) is 5.75. The van der Waals surface area contributed by atoms with E-state index in [0.29, 0.717) is 5.56 Å². The van der Waals surface area contributed by atoms with Gasteiger partial charge in [0.2, 0.25) is 5.91 Å². The van der Waals surface area contributed by atoms with Crippen LogP contribution in [0.1, 0.15) is 55.1 Å². The average Bonchev–Trinajstić information content (AvgIpc) is 2.42. The topological polar surface area (TPSA) is 58.2 Å². The van der Waals surface area contributed by atoms with Gasteiger partial charge in [0.05, 0.1) is 6.54 Å². The molecule has 4 heteroatoms. The molecule has 2 rings (SSSR count). The second-order valence-corrected chi connectivity index (χ2v) is 6.67. The van der Waals surface area contributed by atoms with Crippen LogP contribution in [-0.2, 0) is 17.6 Å². The Bertz CT molecular complexity index is 544. The van der Waals surface area contributed by atoms with Gasteiger partial charge in [-0.3, -0.25) is 9.59 Å². The molecule has 0 saturated carbocycles. The predicted octanol–water partition coefficient (Wildman–Crippen LogP) is 2.21. The van der Waals surface area contributed by atoms with Gasteiger partial charge in [-0.15, -0.1) is 0 Å². The number of carbonyl (C=O) groups is 2. The van der Waals surface area contributed by atoms with E-state index in [-0.39, 0.29) is 23.9 Å². The van der Waals surface area contributed by atoms with Gasteiger partial charge in [-0.2, -0.15) is 0 Å². The van der Waals surface area contributed by atoms with Crippen molar-refractivity contribution in [2.24, 2.45) is 0 Å². The lowest BCUT2D eigenvalue weighted by molar-refractivity contribution is -0.121. The highest BCUT2D eigenvalue weighted by atomic mass is 16.2. The third-order valence-corrected chi connectivity index (χ3v) is 3.53. The van der Waals surface area contributed by atoms with Gasteiger partial charge >= 0.3 is 0 Å². The Balaban J connectivity index is 1.93. The molecule has 0 radical (unpaired) electrons. The fraction of sp³-hybridized carbons (Fsp3) is 0.529. The van der Waals surface area contributed by atoms with Crippen molar-refractivity contribution in [2.45, 2.75) is 52.0 Å². The molecular weight excluding hydrogens is 264 g/mol. The Kier molecular flexibility index (Phi) is 4.66. The molecule has 21 heavy (non-hydrogen) atoms. The van der Waals surface area contributed by atoms with Crippen LogP contribution in [0.2, 0.25) is 0 Å². The van der Waals surface area contributed by atoms with Gasteiger partial charge in [-0.05, 0) is 69.7 Å². The molecule has 1 aliphatic carbocycles. The highest BCUT2D eigenvalue weighted by molar-refractivity contribution is 5.96. The van der Waals surface area contributed by atoms with E-state index in [0.717, 1.165) is 12.8 Å². The van der Waals surface area contributed by atoms with Crippen molar-refractivity contribution in [2.75, 3.05) is 6.54 Å². The summed E-state index contributed by atoms with van der Waals surface area (Å²) in [5.74, 6) is -0.360. The van der Waals surface area contributed by atoms with Crippen molar-refractivity contribution in [3.63, 3.8) is 0 Å². The van der Waals surface area contributed by atoms with Gasteiger partial charge in [-0.1, -0.05) is 6.07 Å². The summed E-state index contributed by atoms with van der Waals surface area (Å²) >= 11 is 0. The highest BCUT2D eigenvalue weighted by Crippen LogP contribution is 2.22. The van der Waals surface area contributed by atoms with E-state index < -0.39 is 0 Å². The van der Waals surface area contributed by atoms with Gasteiger partial charge < -0.3 is 10.6 Å². The molecule has 0 fully saturated rings. The van der Waals surface area contributed by atoms with Gasteiger partial charge in [0.1, 0.15) is 0 Å². The molecule has 1 aromatic carbocycles. The minimum atomic E-state index is -0.284. The lowest BCUT2D eigenvalue weighted by Gasteiger charge is -2.20. The second-order valence-electron chi connectivity index (χ2n) is 6.67. The van der Waals surface area contributed by atoms with Gasteiger partial charge in [-0.25, -0.2) is 0 Å². The normalized spacial score (nSPS) is 14.2. The van der Waals surface area contributed by atoms with Gasteiger partial charge in [0.25, 0.3) is 5.91 Å². The van der Waals surface area contributed by atoms with E-state index in [1.54, 1.807) is 0 Å². The lowest BCUT2D eigenvalue weighted by atomic mass is 9.90. The first-order valence-electron chi connectivity index (χ1n) is 7.56. The van der Waals surface area contributed by atoms with Crippen LogP contribution >= 0.6 is 0 Å². The second kappa shape index (κ2) is 6.29. The van der Waals surface area contributed by atoms with Crippen LogP contribution in [0.25, 0.3) is 0 Å². The number of amides is 2. The van der Waals surface area contributed by atoms with Crippen molar-refractivity contribution < 1.29 is 9.59 Å². The summed E-state index contributed by atoms with van der Waals surface area (Å²) in [5.41, 5.74) is 2.98. The molecule has 4 nitrogen and oxygen atoms in total. The Morgan fingerprint density at radius 1 is 1.10 bits per heavy atom. The Morgan fingerprint density at radius 2 is 1.76 bits per heavy atom. The molecule has 0 bridgehead atoms. The van der Waals surface area contributed by atoms with Crippen LogP contribution in [0.5, 0.6) is 0 Å². The van der Waals surface area contributed by atoms with Crippen molar-refractivity contribution in [3.8, 4) is 0 Å². The molecule has 0 aliphatic heterocycles. The monoisotopic (exact) mass is 288 g/mol. The number of hydrogen-bond acceptors (Lipinski definition) is 2. The minimum absolute atomic E-state index is 0.00713. The summed E-state index contributed by atoms with van der Waals surface area (Å²) in [7, 11) is 0. The van der Waals surface area contributed by atoms with E-state index in [4.69, 9.17) is 0 Å². The lowest BCUT2D eigenvalue weighted by Crippen LogP contribution is -2.45. The summed E-state index contributed by atoms with van der Waals surface area (Å²) in [5, 5.41) is 5.50. The van der Waals surface area contributed by atoms with Crippen molar-refractivity contribution >= 4 is 11.8 Å². The number of hydrogen-bond donors (Lipinski definition) is 2. The van der Waals surface area contributed by atoms with E-state index in [1.807, 2.05) is 39.0 Å². The quantitative estimate of drug-likeness (QED) is 0.896. The molecule has 0 saturated heterocycles. The molecule has 0 heterocycles. The first-order chi connectivity index (χ1) is 9.85. The molecule has 2 N–H and O–H groups in total. The maximum atomic E-state index is 12.1. The smallest absolute Gasteiger partial charge is 0.251 e. The summed E-state index contributed by atoms with van der Waals surface area (Å²) in [6.07, 6.45) is 4.56. The third kappa shape index (κ3) is 4.59. The number of nitrogens with one attached hydrogen (secondary N) is 2. The van der Waals surface area contributed by atoms with Crippen LogP contribution < -0.4 is 10.6 Å². The molecule has 0 unspecified atom stereocenters. The molecule has 2 amide bonds. The van der Waals surface area contributed by atoms with Crippen molar-refractivity contribution in [1.29, 1.82) is 0 Å². The summed E-state index contributed by atoms with van der Waals surface area (Å²) in [6, 6.07) is 5.85. The summed E-state index contributed by atoms with van der Waals surface area (Å²) in [4.78, 5) is 23.8. The van der Waals surface area contributed by atoms with E-state index in [9.17, 15) is 9.59 Å². The maximum absolute atomic E-state index is 12.1. The van der Waals surface area contributed by atoms with E-state index >= 15 is 0 Å². The molecule has 1 aliphatic rings. The van der Waals surface area contributed by atoms with Crippen molar-refractivity contribution in [3.05, 3.63) is 34.9 Å². The largest absolute Gasteiger partial charge is 0.350 e. The SMILES string of the molecule is CC(C)(C)NC(=O)CNC(=O)c1ccc2c(c1)CCCC2. The Hall–Kier alpha value is -1.84. The highest BCUT2D eigenvalue weighted by Gasteiger charge is 2.16. The van der Waals surface area contributed by atoms with E-state index in [1.165, 1.54) is 24.0 Å². The maximum Gasteiger partial charge on any atom is 0.251 e. The zero-order valence-corrected chi connectivity index (χ0v) is 13.1. The summed E-state index contributed by atoms with van der Waals surface area (Å²) < 4.78 is 0. The number of aryl methyl sites for hydroxylation is 2. The zero-order chi connectivity index (χ0) is 15.5. The first-order valence-corrected chi connectivity index (χ1v) is 7.56. The number of rotatable bonds is 3. The fourth-order valence-electron chi connectivity index (χ4n) is 2.60. The Labute approximate surface area is 126 Å². The molecular formula is C17H24N2O2. The van der Waals surface area contributed by atoms with Gasteiger partial charge in [0, 0.05) is 11.1 Å². The molecule has 0 atom stereocenters. The van der Waals surface area contributed by atoms with Crippen LogP contribution in [0, 0.1) is 0 Å². The number of benzene rings is 1. The van der Waals surface area contributed by atoms with E-state index in [2.05, 4.69) is 10.6 Å². The van der Waals surface area contributed by atoms with Crippen LogP contribution in [0.15, 0.2) is 18.2 Å². The standard InChI is InChI=1S/C17H24N2O2/c1-17(2,3)19-15(20)11-18-16(21)14-9-8-12-6-4-5-7-13(12)10-14/h8-10H,4-7,11H2,1-3H3,(H,18,21)(H,19,20). The molecule has 0 spiro atoms. The van der Waals surface area contributed by atoms with Crippen LogP contribution in [0.3, 0.4) is 0 Å². The zero-order valence-electron chi connectivity index (χ0n) is 13.1. The first kappa shape index (κ1) is 15.5. The van der Waals surface area contributed by atoms with Crippen molar-refractivity contribution in [1.82, 2.24) is 10.6 Å². The average molecular weight is 288 g/mol. The van der Waals surface area contributed by atoms with Crippen LogP contribution in [0.4, 0.5) is 0 Å². The Morgan fingerprint density at radius 3 is 2.43 bits per heavy atom. The molecule has 0 aromatic heterocycles. The minimum Gasteiger partial charge on any atom is -0.350 e. The predicted molar refractivity (Wildman–Crippen MR) is 83.3 cm³/mol. The number of fused-ring (bicyclic) bond motifs is 1. The number of carbonyl (C=O) groups excluding carboxylic acids is 2. The van der Waals surface area contributed by atoms with Crippen LogP contribution in [-0.4, -0.2) is 23.9 Å². The molecule has 114 valence electrons. The molecule has 1 aromatic rings.